The van der Waals surface area contributed by atoms with E-state index in [-0.39, 0.29) is 24.8 Å². The van der Waals surface area contributed by atoms with E-state index in [0.29, 0.717) is 19.7 Å². The van der Waals surface area contributed by atoms with Gasteiger partial charge in [0.2, 0.25) is 0 Å². The Labute approximate surface area is 96.6 Å². The van der Waals surface area contributed by atoms with E-state index in [0.717, 1.165) is 11.3 Å². The van der Waals surface area contributed by atoms with Gasteiger partial charge in [-0.05, 0) is 17.7 Å². The Morgan fingerprint density at radius 3 is 2.00 bits per heavy atom. The number of halogens is 2. The number of hydrogen-bond acceptors (Lipinski definition) is 3. The Morgan fingerprint density at radius 1 is 1.00 bits per heavy atom. The quantitative estimate of drug-likeness (QED) is 0.833. The molecule has 0 aliphatic rings. The van der Waals surface area contributed by atoms with Crippen LogP contribution >= 0.6 is 24.8 Å². The Balaban J connectivity index is 0. The molecule has 0 fully saturated rings. The van der Waals surface area contributed by atoms with Crippen molar-refractivity contribution in [3.63, 3.8) is 0 Å². The van der Waals surface area contributed by atoms with Gasteiger partial charge in [0.05, 0.1) is 0 Å². The van der Waals surface area contributed by atoms with Crippen LogP contribution in [0.1, 0.15) is 5.56 Å². The van der Waals surface area contributed by atoms with E-state index in [9.17, 15) is 0 Å². The molecule has 0 amide bonds. The number of benzene rings is 1. The zero-order chi connectivity index (χ0) is 8.81. The molecule has 0 heterocycles. The molecule has 0 saturated heterocycles. The average molecular weight is 239 g/mol. The molecule has 0 aliphatic heterocycles. The van der Waals surface area contributed by atoms with Crippen molar-refractivity contribution in [2.24, 2.45) is 11.5 Å². The van der Waals surface area contributed by atoms with Crippen molar-refractivity contribution >= 4 is 24.8 Å². The van der Waals surface area contributed by atoms with Crippen LogP contribution < -0.4 is 16.2 Å². The normalized spacial score (nSPS) is 8.43. The fraction of sp³-hybridized carbons (Fsp3) is 0.333. The van der Waals surface area contributed by atoms with Crippen LogP contribution in [0.15, 0.2) is 24.3 Å². The fourth-order valence-corrected chi connectivity index (χ4v) is 0.899. The summed E-state index contributed by atoms with van der Waals surface area (Å²) in [7, 11) is 0. The lowest BCUT2D eigenvalue weighted by Crippen LogP contribution is -2.10. The van der Waals surface area contributed by atoms with Gasteiger partial charge in [-0.1, -0.05) is 12.1 Å². The smallest absolute Gasteiger partial charge is 0.119 e. The van der Waals surface area contributed by atoms with Crippen molar-refractivity contribution < 1.29 is 4.74 Å². The van der Waals surface area contributed by atoms with Gasteiger partial charge in [-0.2, -0.15) is 0 Å². The molecule has 0 radical (unpaired) electrons. The Hall–Kier alpha value is -0.480. The maximum Gasteiger partial charge on any atom is 0.119 e. The van der Waals surface area contributed by atoms with Crippen LogP contribution in [0.3, 0.4) is 0 Å². The van der Waals surface area contributed by atoms with Gasteiger partial charge in [0.15, 0.2) is 0 Å². The van der Waals surface area contributed by atoms with E-state index in [1.807, 2.05) is 24.3 Å². The summed E-state index contributed by atoms with van der Waals surface area (Å²) >= 11 is 0. The summed E-state index contributed by atoms with van der Waals surface area (Å²) in [5.74, 6) is 0.845. The zero-order valence-corrected chi connectivity index (χ0v) is 9.44. The summed E-state index contributed by atoms with van der Waals surface area (Å²) in [6.45, 7) is 1.66. The number of nitrogens with two attached hydrogens (primary N) is 2. The predicted molar refractivity (Wildman–Crippen MR) is 63.4 cm³/mol. The van der Waals surface area contributed by atoms with Crippen molar-refractivity contribution in [2.45, 2.75) is 6.54 Å². The Morgan fingerprint density at radius 2 is 1.57 bits per heavy atom. The summed E-state index contributed by atoms with van der Waals surface area (Å²) in [5, 5.41) is 0. The van der Waals surface area contributed by atoms with E-state index >= 15 is 0 Å². The van der Waals surface area contributed by atoms with Crippen LogP contribution in [0.4, 0.5) is 0 Å². The predicted octanol–water partition coefficient (Wildman–Crippen LogP) is 1.33. The summed E-state index contributed by atoms with van der Waals surface area (Å²) in [6, 6.07) is 7.70. The number of ether oxygens (including phenoxy) is 1. The SMILES string of the molecule is Cl.Cl.NCCOc1ccc(CN)cc1. The molecule has 1 rings (SSSR count). The highest BCUT2D eigenvalue weighted by Crippen LogP contribution is 2.11. The van der Waals surface area contributed by atoms with Crippen molar-refractivity contribution in [3.8, 4) is 5.75 Å². The molecule has 3 nitrogen and oxygen atoms in total. The van der Waals surface area contributed by atoms with E-state index < -0.39 is 0 Å². The first-order chi connectivity index (χ1) is 5.86. The average Bonchev–Trinajstić information content (AvgIpc) is 2.15. The zero-order valence-electron chi connectivity index (χ0n) is 7.81. The molecular weight excluding hydrogens is 223 g/mol. The van der Waals surface area contributed by atoms with Crippen LogP contribution in [0.25, 0.3) is 0 Å². The van der Waals surface area contributed by atoms with E-state index in [1.54, 1.807) is 0 Å². The van der Waals surface area contributed by atoms with Gasteiger partial charge in [-0.3, -0.25) is 0 Å². The molecule has 4 N–H and O–H groups in total. The lowest BCUT2D eigenvalue weighted by atomic mass is 10.2. The summed E-state index contributed by atoms with van der Waals surface area (Å²) in [4.78, 5) is 0. The van der Waals surface area contributed by atoms with E-state index in [4.69, 9.17) is 16.2 Å². The molecule has 1 aromatic rings. The minimum absolute atomic E-state index is 0. The highest BCUT2D eigenvalue weighted by Gasteiger charge is 1.92. The third kappa shape index (κ3) is 5.29. The second-order valence-electron chi connectivity index (χ2n) is 2.49. The Kier molecular flexibility index (Phi) is 10.4. The molecule has 0 atom stereocenters. The van der Waals surface area contributed by atoms with Gasteiger partial charge < -0.3 is 16.2 Å². The van der Waals surface area contributed by atoms with Crippen molar-refractivity contribution in [1.29, 1.82) is 0 Å². The molecule has 0 bridgehead atoms. The highest BCUT2D eigenvalue weighted by atomic mass is 35.5. The number of rotatable bonds is 4. The fourth-order valence-electron chi connectivity index (χ4n) is 0.899. The third-order valence-corrected chi connectivity index (χ3v) is 1.55. The molecule has 0 spiro atoms. The largest absolute Gasteiger partial charge is 0.492 e. The van der Waals surface area contributed by atoms with Crippen LogP contribution in [0.2, 0.25) is 0 Å². The molecule has 0 aromatic heterocycles. The Bertz CT molecular complexity index is 229. The van der Waals surface area contributed by atoms with Gasteiger partial charge in [0.1, 0.15) is 12.4 Å². The summed E-state index contributed by atoms with van der Waals surface area (Å²) < 4.78 is 5.29. The van der Waals surface area contributed by atoms with Gasteiger partial charge in [-0.25, -0.2) is 0 Å². The third-order valence-electron chi connectivity index (χ3n) is 1.55. The maximum atomic E-state index is 5.44. The van der Waals surface area contributed by atoms with Crippen molar-refractivity contribution in [1.82, 2.24) is 0 Å². The van der Waals surface area contributed by atoms with Gasteiger partial charge in [-0.15, -0.1) is 24.8 Å². The van der Waals surface area contributed by atoms with Gasteiger partial charge in [0, 0.05) is 13.1 Å². The highest BCUT2D eigenvalue weighted by molar-refractivity contribution is 5.85. The lowest BCUT2D eigenvalue weighted by molar-refractivity contribution is 0.328. The van der Waals surface area contributed by atoms with Crippen LogP contribution in [-0.2, 0) is 6.54 Å². The molecule has 0 unspecified atom stereocenters. The van der Waals surface area contributed by atoms with Crippen molar-refractivity contribution in [3.05, 3.63) is 29.8 Å². The first-order valence-corrected chi connectivity index (χ1v) is 3.98. The van der Waals surface area contributed by atoms with Crippen molar-refractivity contribution in [2.75, 3.05) is 13.2 Å². The van der Waals surface area contributed by atoms with Gasteiger partial charge >= 0.3 is 0 Å². The summed E-state index contributed by atoms with van der Waals surface area (Å²) in [5.41, 5.74) is 11.8. The molecule has 82 valence electrons. The maximum absolute atomic E-state index is 5.44. The monoisotopic (exact) mass is 238 g/mol. The second-order valence-corrected chi connectivity index (χ2v) is 2.49. The lowest BCUT2D eigenvalue weighted by Gasteiger charge is -2.04. The topological polar surface area (TPSA) is 61.3 Å². The standard InChI is InChI=1S/C9H14N2O.2ClH/c10-5-6-12-9-3-1-8(7-11)2-4-9;;/h1-4H,5-7,10-11H2;2*1H. The minimum Gasteiger partial charge on any atom is -0.492 e. The van der Waals surface area contributed by atoms with Crippen LogP contribution in [-0.4, -0.2) is 13.2 Å². The molecular formula is C9H16Cl2N2O. The summed E-state index contributed by atoms with van der Waals surface area (Å²) in [6.07, 6.45) is 0. The first kappa shape index (κ1) is 16.0. The molecule has 14 heavy (non-hydrogen) atoms. The van der Waals surface area contributed by atoms with E-state index in [2.05, 4.69) is 0 Å². The van der Waals surface area contributed by atoms with Crippen LogP contribution in [0, 0.1) is 0 Å². The first-order valence-electron chi connectivity index (χ1n) is 3.98. The molecule has 1 aromatic carbocycles. The second kappa shape index (κ2) is 9.09. The molecule has 0 aliphatic carbocycles. The molecule has 5 heteroatoms. The number of hydrogen-bond donors (Lipinski definition) is 2. The molecule has 0 saturated carbocycles. The van der Waals surface area contributed by atoms with Crippen LogP contribution in [0.5, 0.6) is 5.75 Å². The minimum atomic E-state index is 0. The van der Waals surface area contributed by atoms with Gasteiger partial charge in [0.25, 0.3) is 0 Å². The van der Waals surface area contributed by atoms with E-state index in [1.165, 1.54) is 0 Å².